The Bertz CT molecular complexity index is 1100. The van der Waals surface area contributed by atoms with Gasteiger partial charge in [0.15, 0.2) is 0 Å². The van der Waals surface area contributed by atoms with Gasteiger partial charge in [0.1, 0.15) is 0 Å². The molecule has 0 fully saturated rings. The van der Waals surface area contributed by atoms with Gasteiger partial charge < -0.3 is 5.01 Å². The first-order chi connectivity index (χ1) is 15.4. The topological polar surface area (TPSA) is 15.3 Å². The number of halogens is 6. The second-order valence-corrected chi connectivity index (χ2v) is 9.29. The molecule has 2 heterocycles. The largest absolute Gasteiger partial charge is 0.416 e. The van der Waals surface area contributed by atoms with Crippen LogP contribution in [0.3, 0.4) is 0 Å². The number of hydrazine groups is 1. The quantitative estimate of drug-likeness (QED) is 0.469. The highest BCUT2D eigenvalue weighted by Crippen LogP contribution is 2.44. The lowest BCUT2D eigenvalue weighted by Crippen LogP contribution is -2.39. The molecule has 2 aromatic rings. The second-order valence-electron chi connectivity index (χ2n) is 8.31. The molecule has 0 bridgehead atoms. The smallest absolute Gasteiger partial charge is 0.305 e. The average molecular weight is 485 g/mol. The van der Waals surface area contributed by atoms with Crippen molar-refractivity contribution >= 4 is 17.8 Å². The van der Waals surface area contributed by atoms with E-state index in [0.29, 0.717) is 22.6 Å². The fourth-order valence-corrected chi connectivity index (χ4v) is 5.18. The number of hydrogen-bond donors (Lipinski definition) is 1. The molecule has 0 aromatic heterocycles. The summed E-state index contributed by atoms with van der Waals surface area (Å²) in [4.78, 5) is 0. The number of rotatable bonds is 3. The van der Waals surface area contributed by atoms with Crippen LogP contribution in [0.25, 0.3) is 6.08 Å². The summed E-state index contributed by atoms with van der Waals surface area (Å²) in [5, 5.41) is 1.92. The Labute approximate surface area is 192 Å². The Kier molecular flexibility index (Phi) is 6.30. The number of thioether (sulfide) groups is 1. The van der Waals surface area contributed by atoms with Crippen LogP contribution < -0.4 is 5.43 Å². The maximum absolute atomic E-state index is 13.3. The molecule has 176 valence electrons. The zero-order valence-electron chi connectivity index (χ0n) is 17.9. The molecule has 4 rings (SSSR count). The molecule has 2 aromatic carbocycles. The number of nitrogens with zero attached hydrogens (tertiary/aromatic N) is 1. The number of hydrogen-bond acceptors (Lipinski definition) is 3. The van der Waals surface area contributed by atoms with Gasteiger partial charge in [-0.25, -0.2) is 5.43 Å². The highest BCUT2D eigenvalue weighted by atomic mass is 32.2. The molecule has 0 radical (unpaired) electrons. The van der Waals surface area contributed by atoms with Gasteiger partial charge in [-0.3, -0.25) is 0 Å². The van der Waals surface area contributed by atoms with Crippen LogP contribution in [-0.4, -0.2) is 22.6 Å². The molecular formula is C24H22F6N2S. The van der Waals surface area contributed by atoms with Gasteiger partial charge in [-0.1, -0.05) is 24.3 Å². The molecule has 2 aliphatic heterocycles. The summed E-state index contributed by atoms with van der Waals surface area (Å²) in [6.07, 6.45) is -7.14. The first kappa shape index (κ1) is 23.8. The van der Waals surface area contributed by atoms with E-state index in [2.05, 4.69) is 5.43 Å². The monoisotopic (exact) mass is 484 g/mol. The summed E-state index contributed by atoms with van der Waals surface area (Å²) >= 11 is 1.59. The first-order valence-electron chi connectivity index (χ1n) is 10.4. The van der Waals surface area contributed by atoms with Crippen molar-refractivity contribution in [3.63, 3.8) is 0 Å². The number of nitrogens with one attached hydrogen (secondary N) is 1. The normalized spacial score (nSPS) is 20.7. The van der Waals surface area contributed by atoms with E-state index in [1.165, 1.54) is 12.1 Å². The van der Waals surface area contributed by atoms with Crippen LogP contribution in [0, 0.1) is 0 Å². The molecule has 0 saturated carbocycles. The molecule has 0 saturated heterocycles. The van der Waals surface area contributed by atoms with Crippen molar-refractivity contribution < 1.29 is 26.3 Å². The zero-order valence-corrected chi connectivity index (χ0v) is 18.7. The van der Waals surface area contributed by atoms with Crippen LogP contribution in [0.4, 0.5) is 26.3 Å². The minimum Gasteiger partial charge on any atom is -0.305 e. The van der Waals surface area contributed by atoms with Crippen molar-refractivity contribution in [1.82, 2.24) is 10.4 Å². The SMILES string of the molecule is CC(C)N1NC(c2cccc(C(F)(F)F)c2)C2=C1C(=Cc1cccc(C(F)(F)F)c1)CSC2. The minimum atomic E-state index is -4.45. The van der Waals surface area contributed by atoms with Gasteiger partial charge in [0, 0.05) is 17.5 Å². The van der Waals surface area contributed by atoms with E-state index in [0.717, 1.165) is 41.1 Å². The number of allylic oxidation sites excluding steroid dienone is 1. The third kappa shape index (κ3) is 4.94. The van der Waals surface area contributed by atoms with Gasteiger partial charge in [0.05, 0.1) is 22.9 Å². The van der Waals surface area contributed by atoms with Gasteiger partial charge in [-0.2, -0.15) is 38.1 Å². The molecule has 1 unspecified atom stereocenters. The highest BCUT2D eigenvalue weighted by Gasteiger charge is 2.38. The number of benzene rings is 2. The third-order valence-electron chi connectivity index (χ3n) is 5.60. The fraction of sp³-hybridized carbons (Fsp3) is 0.333. The lowest BCUT2D eigenvalue weighted by molar-refractivity contribution is -0.138. The molecule has 0 spiro atoms. The lowest BCUT2D eigenvalue weighted by atomic mass is 9.95. The summed E-state index contributed by atoms with van der Waals surface area (Å²) in [6, 6.07) is 9.94. The second kappa shape index (κ2) is 8.76. The summed E-state index contributed by atoms with van der Waals surface area (Å²) in [7, 11) is 0. The fourth-order valence-electron chi connectivity index (χ4n) is 4.12. The Morgan fingerprint density at radius 3 is 2.21 bits per heavy atom. The molecule has 2 nitrogen and oxygen atoms in total. The Hall–Kier alpha value is -2.39. The van der Waals surface area contributed by atoms with Gasteiger partial charge in [0.25, 0.3) is 0 Å². The van der Waals surface area contributed by atoms with Crippen LogP contribution in [0.5, 0.6) is 0 Å². The van der Waals surface area contributed by atoms with E-state index in [-0.39, 0.29) is 6.04 Å². The molecule has 0 aliphatic carbocycles. The van der Waals surface area contributed by atoms with Crippen LogP contribution in [0.15, 0.2) is 65.4 Å². The Morgan fingerprint density at radius 2 is 1.58 bits per heavy atom. The maximum atomic E-state index is 13.3. The molecule has 9 heteroatoms. The van der Waals surface area contributed by atoms with Crippen molar-refractivity contribution in [1.29, 1.82) is 0 Å². The molecule has 33 heavy (non-hydrogen) atoms. The van der Waals surface area contributed by atoms with E-state index in [9.17, 15) is 26.3 Å². The average Bonchev–Trinajstić information content (AvgIpc) is 3.14. The predicted molar refractivity (Wildman–Crippen MR) is 118 cm³/mol. The maximum Gasteiger partial charge on any atom is 0.416 e. The first-order valence-corrected chi connectivity index (χ1v) is 11.5. The van der Waals surface area contributed by atoms with Crippen molar-refractivity contribution in [3.05, 3.63) is 87.6 Å². The van der Waals surface area contributed by atoms with Gasteiger partial charge in [-0.05, 0) is 66.5 Å². The predicted octanol–water partition coefficient (Wildman–Crippen LogP) is 7.08. The van der Waals surface area contributed by atoms with Crippen molar-refractivity contribution in [2.75, 3.05) is 11.5 Å². The van der Waals surface area contributed by atoms with Crippen LogP contribution in [0.2, 0.25) is 0 Å². The number of alkyl halides is 6. The summed E-state index contributed by atoms with van der Waals surface area (Å²) in [5.74, 6) is 1.21. The van der Waals surface area contributed by atoms with Crippen LogP contribution in [0.1, 0.15) is 42.1 Å². The van der Waals surface area contributed by atoms with E-state index in [4.69, 9.17) is 0 Å². The van der Waals surface area contributed by atoms with Gasteiger partial charge in [-0.15, -0.1) is 0 Å². The van der Waals surface area contributed by atoms with E-state index in [1.54, 1.807) is 30.0 Å². The summed E-state index contributed by atoms with van der Waals surface area (Å²) in [5.41, 5.74) is 5.46. The third-order valence-corrected chi connectivity index (χ3v) is 6.63. The summed E-state index contributed by atoms with van der Waals surface area (Å²) in [6.45, 7) is 3.91. The summed E-state index contributed by atoms with van der Waals surface area (Å²) < 4.78 is 79.3. The Balaban J connectivity index is 1.77. The van der Waals surface area contributed by atoms with Crippen molar-refractivity contribution in [2.45, 2.75) is 38.3 Å². The molecule has 1 atom stereocenters. The van der Waals surface area contributed by atoms with E-state index in [1.807, 2.05) is 18.9 Å². The van der Waals surface area contributed by atoms with Crippen molar-refractivity contribution in [3.8, 4) is 0 Å². The lowest BCUT2D eigenvalue weighted by Gasteiger charge is -2.30. The minimum absolute atomic E-state index is 0.0150. The van der Waals surface area contributed by atoms with Crippen LogP contribution in [-0.2, 0) is 12.4 Å². The standard InChI is InChI=1S/C24H22F6N2S/c1-14(2)32-22-17(9-15-5-3-7-18(10-15)23(25,26)27)12-33-13-20(22)21(31-32)16-6-4-8-19(11-16)24(28,29)30/h3-11,14,21,31H,12-13H2,1-2H3. The molecule has 2 aliphatic rings. The van der Waals surface area contributed by atoms with Crippen LogP contribution >= 0.6 is 11.8 Å². The van der Waals surface area contributed by atoms with Gasteiger partial charge >= 0.3 is 12.4 Å². The van der Waals surface area contributed by atoms with E-state index < -0.39 is 29.5 Å². The Morgan fingerprint density at radius 1 is 0.939 bits per heavy atom. The molecular weight excluding hydrogens is 462 g/mol. The van der Waals surface area contributed by atoms with Gasteiger partial charge in [0.2, 0.25) is 0 Å². The molecule has 0 amide bonds. The molecule has 1 N–H and O–H groups in total. The highest BCUT2D eigenvalue weighted by molar-refractivity contribution is 7.99. The van der Waals surface area contributed by atoms with Crippen molar-refractivity contribution in [2.24, 2.45) is 0 Å². The zero-order chi connectivity index (χ0) is 24.0. The van der Waals surface area contributed by atoms with E-state index >= 15 is 0 Å².